The Labute approximate surface area is 118 Å². The fraction of sp³-hybridized carbons (Fsp3) is 0.769. The second kappa shape index (κ2) is 6.32. The molecule has 1 saturated carbocycles. The van der Waals surface area contributed by atoms with Gasteiger partial charge in [-0.1, -0.05) is 12.8 Å². The van der Waals surface area contributed by atoms with E-state index in [0.29, 0.717) is 12.8 Å². The second-order valence-corrected chi connectivity index (χ2v) is 5.57. The Kier molecular flexibility index (Phi) is 5.24. The standard InChI is InChI=1S/C13H23N3O4/c1-7(14)11(18)16-8(2)10(17)9-5-3-4-6-13(9,15)12(19)20/h7-9H,3-6,14-15H2,1-2H3,(H,16,18)(H,19,20)/t7-,8-,9?,13?/m0/s1. The number of carboxylic acid groups (broad SMARTS) is 1. The topological polar surface area (TPSA) is 136 Å². The van der Waals surface area contributed by atoms with Crippen LogP contribution in [0.3, 0.4) is 0 Å². The van der Waals surface area contributed by atoms with Crippen LogP contribution >= 0.6 is 0 Å². The molecule has 0 heterocycles. The van der Waals surface area contributed by atoms with Crippen molar-refractivity contribution in [2.24, 2.45) is 17.4 Å². The van der Waals surface area contributed by atoms with Crippen molar-refractivity contribution in [3.63, 3.8) is 0 Å². The molecule has 1 amide bonds. The molecule has 0 bridgehead atoms. The summed E-state index contributed by atoms with van der Waals surface area (Å²) in [6.45, 7) is 3.04. The molecular formula is C13H23N3O4. The first-order valence-corrected chi connectivity index (χ1v) is 6.82. The molecule has 2 unspecified atom stereocenters. The van der Waals surface area contributed by atoms with Crippen LogP contribution < -0.4 is 16.8 Å². The van der Waals surface area contributed by atoms with Gasteiger partial charge in [0.2, 0.25) is 5.91 Å². The molecule has 0 aliphatic heterocycles. The molecular weight excluding hydrogens is 262 g/mol. The Balaban J connectivity index is 2.83. The maximum absolute atomic E-state index is 12.4. The van der Waals surface area contributed by atoms with E-state index in [1.807, 2.05) is 0 Å². The minimum absolute atomic E-state index is 0.271. The highest BCUT2D eigenvalue weighted by Gasteiger charge is 2.48. The van der Waals surface area contributed by atoms with Crippen LogP contribution in [0.1, 0.15) is 39.5 Å². The van der Waals surface area contributed by atoms with Crippen LogP contribution in [0.5, 0.6) is 0 Å². The number of ketones is 1. The molecule has 4 atom stereocenters. The maximum Gasteiger partial charge on any atom is 0.324 e. The number of carboxylic acids is 1. The van der Waals surface area contributed by atoms with Gasteiger partial charge in [-0.2, -0.15) is 0 Å². The third-order valence-electron chi connectivity index (χ3n) is 3.90. The van der Waals surface area contributed by atoms with Crippen molar-refractivity contribution in [2.45, 2.75) is 57.2 Å². The van der Waals surface area contributed by atoms with Crippen molar-refractivity contribution < 1.29 is 19.5 Å². The van der Waals surface area contributed by atoms with E-state index in [2.05, 4.69) is 5.32 Å². The summed E-state index contributed by atoms with van der Waals surface area (Å²) in [7, 11) is 0. The summed E-state index contributed by atoms with van der Waals surface area (Å²) < 4.78 is 0. The van der Waals surface area contributed by atoms with Crippen LogP contribution in [0.2, 0.25) is 0 Å². The Morgan fingerprint density at radius 3 is 2.40 bits per heavy atom. The number of amides is 1. The molecule has 20 heavy (non-hydrogen) atoms. The van der Waals surface area contributed by atoms with Crippen molar-refractivity contribution >= 4 is 17.7 Å². The number of aliphatic carboxylic acids is 1. The van der Waals surface area contributed by atoms with Crippen LogP contribution in [0.15, 0.2) is 0 Å². The third-order valence-corrected chi connectivity index (χ3v) is 3.90. The molecule has 0 spiro atoms. The predicted molar refractivity (Wildman–Crippen MR) is 72.8 cm³/mol. The largest absolute Gasteiger partial charge is 0.480 e. The molecule has 0 radical (unpaired) electrons. The predicted octanol–water partition coefficient (Wildman–Crippen LogP) is -0.620. The van der Waals surface area contributed by atoms with E-state index in [1.165, 1.54) is 13.8 Å². The average molecular weight is 285 g/mol. The zero-order chi connectivity index (χ0) is 15.5. The lowest BCUT2D eigenvalue weighted by molar-refractivity contribution is -0.151. The normalized spacial score (nSPS) is 29.3. The smallest absolute Gasteiger partial charge is 0.324 e. The number of hydrogen-bond acceptors (Lipinski definition) is 5. The summed E-state index contributed by atoms with van der Waals surface area (Å²) >= 11 is 0. The van der Waals surface area contributed by atoms with Crippen LogP contribution in [0.4, 0.5) is 0 Å². The van der Waals surface area contributed by atoms with Gasteiger partial charge >= 0.3 is 5.97 Å². The highest BCUT2D eigenvalue weighted by Crippen LogP contribution is 2.33. The van der Waals surface area contributed by atoms with E-state index in [4.69, 9.17) is 11.5 Å². The van der Waals surface area contributed by atoms with E-state index in [9.17, 15) is 19.5 Å². The summed E-state index contributed by atoms with van der Waals surface area (Å²) in [5.41, 5.74) is 9.80. The van der Waals surface area contributed by atoms with Gasteiger partial charge in [-0.25, -0.2) is 0 Å². The Bertz CT molecular complexity index is 410. The molecule has 0 aromatic carbocycles. The van der Waals surface area contributed by atoms with Crippen molar-refractivity contribution in [1.29, 1.82) is 0 Å². The van der Waals surface area contributed by atoms with Crippen molar-refractivity contribution in [2.75, 3.05) is 0 Å². The fourth-order valence-corrected chi connectivity index (χ4v) is 2.57. The lowest BCUT2D eigenvalue weighted by Gasteiger charge is -2.37. The Morgan fingerprint density at radius 1 is 1.30 bits per heavy atom. The zero-order valence-corrected chi connectivity index (χ0v) is 11.9. The van der Waals surface area contributed by atoms with Gasteiger partial charge in [-0.05, 0) is 26.7 Å². The summed E-state index contributed by atoms with van der Waals surface area (Å²) in [5.74, 6) is -2.73. The summed E-state index contributed by atoms with van der Waals surface area (Å²) in [5, 5.41) is 11.8. The van der Waals surface area contributed by atoms with Gasteiger partial charge in [0.25, 0.3) is 0 Å². The first kappa shape index (κ1) is 16.6. The van der Waals surface area contributed by atoms with E-state index in [-0.39, 0.29) is 12.2 Å². The van der Waals surface area contributed by atoms with Crippen LogP contribution in [0.25, 0.3) is 0 Å². The Morgan fingerprint density at radius 2 is 1.90 bits per heavy atom. The van der Waals surface area contributed by atoms with E-state index in [0.717, 1.165) is 6.42 Å². The van der Waals surface area contributed by atoms with Gasteiger partial charge in [-0.15, -0.1) is 0 Å². The summed E-state index contributed by atoms with van der Waals surface area (Å²) in [6.07, 6.45) is 2.15. The van der Waals surface area contributed by atoms with Gasteiger partial charge in [0.15, 0.2) is 5.78 Å². The molecule has 7 heteroatoms. The molecule has 7 nitrogen and oxygen atoms in total. The number of nitrogens with one attached hydrogen (secondary N) is 1. The van der Waals surface area contributed by atoms with Gasteiger partial charge < -0.3 is 21.9 Å². The number of Topliss-reactive ketones (excluding diaryl/α,β-unsaturated/α-hetero) is 1. The number of nitrogens with two attached hydrogens (primary N) is 2. The number of hydrogen-bond donors (Lipinski definition) is 4. The molecule has 1 fully saturated rings. The highest BCUT2D eigenvalue weighted by atomic mass is 16.4. The van der Waals surface area contributed by atoms with E-state index >= 15 is 0 Å². The lowest BCUT2D eigenvalue weighted by atomic mass is 9.70. The van der Waals surface area contributed by atoms with E-state index in [1.54, 1.807) is 0 Å². The van der Waals surface area contributed by atoms with Crippen LogP contribution in [-0.4, -0.2) is 40.4 Å². The summed E-state index contributed by atoms with van der Waals surface area (Å²) in [6, 6.07) is -1.52. The third kappa shape index (κ3) is 3.34. The van der Waals surface area contributed by atoms with Gasteiger partial charge in [0.05, 0.1) is 12.1 Å². The maximum atomic E-state index is 12.4. The first-order valence-electron chi connectivity index (χ1n) is 6.82. The molecule has 1 rings (SSSR count). The van der Waals surface area contributed by atoms with Crippen molar-refractivity contribution in [3.05, 3.63) is 0 Å². The lowest BCUT2D eigenvalue weighted by Crippen LogP contribution is -2.61. The zero-order valence-electron chi connectivity index (χ0n) is 11.9. The molecule has 0 aromatic heterocycles. The number of carbonyl (C=O) groups excluding carboxylic acids is 2. The van der Waals surface area contributed by atoms with Crippen molar-refractivity contribution in [1.82, 2.24) is 5.32 Å². The second-order valence-electron chi connectivity index (χ2n) is 5.57. The van der Waals surface area contributed by atoms with Gasteiger partial charge in [0, 0.05) is 5.92 Å². The van der Waals surface area contributed by atoms with Crippen LogP contribution in [0, 0.1) is 5.92 Å². The number of rotatable bonds is 5. The Hall–Kier alpha value is -1.47. The molecule has 0 saturated heterocycles. The SMILES string of the molecule is C[C@H](N)C(=O)N[C@@H](C)C(=O)C1CCCCC1(N)C(=O)O. The van der Waals surface area contributed by atoms with E-state index < -0.39 is 35.4 Å². The summed E-state index contributed by atoms with van der Waals surface area (Å²) in [4.78, 5) is 35.2. The minimum Gasteiger partial charge on any atom is -0.480 e. The monoisotopic (exact) mass is 285 g/mol. The molecule has 114 valence electrons. The van der Waals surface area contributed by atoms with Gasteiger partial charge in [-0.3, -0.25) is 14.4 Å². The molecule has 1 aliphatic rings. The van der Waals surface area contributed by atoms with Crippen molar-refractivity contribution in [3.8, 4) is 0 Å². The minimum atomic E-state index is -1.54. The first-order chi connectivity index (χ1) is 9.20. The fourth-order valence-electron chi connectivity index (χ4n) is 2.57. The molecule has 1 aliphatic carbocycles. The average Bonchev–Trinajstić information content (AvgIpc) is 2.37. The van der Waals surface area contributed by atoms with Crippen LogP contribution in [-0.2, 0) is 14.4 Å². The van der Waals surface area contributed by atoms with Gasteiger partial charge in [0.1, 0.15) is 5.54 Å². The quantitative estimate of drug-likeness (QED) is 0.531. The number of carbonyl (C=O) groups is 3. The molecule has 0 aromatic rings. The highest BCUT2D eigenvalue weighted by molar-refractivity contribution is 5.96. The molecule has 6 N–H and O–H groups in total.